The minimum absolute atomic E-state index is 0.0963. The van der Waals surface area contributed by atoms with Crippen LogP contribution in [0.25, 0.3) is 0 Å². The van der Waals surface area contributed by atoms with Gasteiger partial charge in [0.1, 0.15) is 6.61 Å². The van der Waals surface area contributed by atoms with Gasteiger partial charge >= 0.3 is 5.97 Å². The predicted molar refractivity (Wildman–Crippen MR) is 50.4 cm³/mol. The second kappa shape index (κ2) is 6.94. The molecule has 0 saturated carbocycles. The van der Waals surface area contributed by atoms with Gasteiger partial charge in [-0.3, -0.25) is 9.59 Å². The van der Waals surface area contributed by atoms with Gasteiger partial charge in [-0.2, -0.15) is 0 Å². The van der Waals surface area contributed by atoms with Gasteiger partial charge in [-0.05, 0) is 0 Å². The molecule has 0 spiro atoms. The van der Waals surface area contributed by atoms with Crippen LogP contribution in [0.5, 0.6) is 0 Å². The summed E-state index contributed by atoms with van der Waals surface area (Å²) in [4.78, 5) is 37.1. The van der Waals surface area contributed by atoms with Crippen LogP contribution in [0.15, 0.2) is 0 Å². The van der Waals surface area contributed by atoms with Crippen molar-refractivity contribution in [2.45, 2.75) is 26.7 Å². The molecule has 0 radical (unpaired) electrons. The molecule has 1 saturated heterocycles. The lowest BCUT2D eigenvalue weighted by atomic mass is 10.4. The number of hydroxylamine groups is 2. The number of amides is 2. The zero-order chi connectivity index (χ0) is 11.8. The van der Waals surface area contributed by atoms with Crippen LogP contribution < -0.4 is 0 Å². The number of rotatable bonds is 3. The highest BCUT2D eigenvalue weighted by atomic mass is 16.7. The molecule has 0 aliphatic carbocycles. The van der Waals surface area contributed by atoms with Crippen LogP contribution in [-0.2, 0) is 24.0 Å². The van der Waals surface area contributed by atoms with Crippen LogP contribution in [0.4, 0.5) is 0 Å². The van der Waals surface area contributed by atoms with E-state index in [0.717, 1.165) is 0 Å². The Kier molecular flexibility index (Phi) is 6.28. The molecule has 1 fully saturated rings. The van der Waals surface area contributed by atoms with Crippen molar-refractivity contribution in [3.63, 3.8) is 0 Å². The first-order valence-corrected chi connectivity index (χ1v) is 4.70. The quantitative estimate of drug-likeness (QED) is 0.634. The lowest BCUT2D eigenvalue weighted by Crippen LogP contribution is -2.33. The van der Waals surface area contributed by atoms with E-state index in [1.54, 1.807) is 0 Å². The average Bonchev–Trinajstić information content (AvgIpc) is 2.53. The molecule has 0 aromatic rings. The molecule has 86 valence electrons. The zero-order valence-electron chi connectivity index (χ0n) is 9.11. The van der Waals surface area contributed by atoms with Crippen LogP contribution >= 0.6 is 0 Å². The van der Waals surface area contributed by atoms with Crippen LogP contribution in [0, 0.1) is 0 Å². The molecule has 1 rings (SSSR count). The fourth-order valence-corrected chi connectivity index (χ4v) is 0.904. The lowest BCUT2D eigenvalue weighted by molar-refractivity contribution is -0.199. The Labute approximate surface area is 88.1 Å². The maximum Gasteiger partial charge on any atom is 0.358 e. The second-order valence-electron chi connectivity index (χ2n) is 2.48. The number of imide groups is 1. The molecule has 0 aromatic carbocycles. The van der Waals surface area contributed by atoms with Crippen molar-refractivity contribution in [2.24, 2.45) is 0 Å². The minimum Gasteiger partial charge on any atom is -0.373 e. The Hall–Kier alpha value is -1.43. The smallest absolute Gasteiger partial charge is 0.358 e. The van der Waals surface area contributed by atoms with Crippen molar-refractivity contribution in [3.8, 4) is 0 Å². The minimum atomic E-state index is -0.758. The molecule has 2 amide bonds. The van der Waals surface area contributed by atoms with E-state index in [2.05, 4.69) is 9.57 Å². The summed E-state index contributed by atoms with van der Waals surface area (Å²) in [5, 5.41) is 0.487. The van der Waals surface area contributed by atoms with E-state index >= 15 is 0 Å². The van der Waals surface area contributed by atoms with Crippen molar-refractivity contribution in [1.29, 1.82) is 0 Å². The Balaban J connectivity index is 0.000000921. The largest absolute Gasteiger partial charge is 0.373 e. The van der Waals surface area contributed by atoms with E-state index in [9.17, 15) is 14.4 Å². The van der Waals surface area contributed by atoms with E-state index in [-0.39, 0.29) is 19.4 Å². The summed E-state index contributed by atoms with van der Waals surface area (Å²) in [5.74, 6) is -1.74. The molecule has 0 N–H and O–H groups in total. The Morgan fingerprint density at radius 1 is 1.27 bits per heavy atom. The molecular weight excluding hydrogens is 202 g/mol. The summed E-state index contributed by atoms with van der Waals surface area (Å²) in [6, 6.07) is 0. The van der Waals surface area contributed by atoms with Gasteiger partial charge < -0.3 is 9.57 Å². The number of hydrogen-bond donors (Lipinski definition) is 0. The zero-order valence-corrected chi connectivity index (χ0v) is 9.11. The summed E-state index contributed by atoms with van der Waals surface area (Å²) in [6.45, 7) is 3.72. The van der Waals surface area contributed by atoms with E-state index < -0.39 is 17.8 Å². The van der Waals surface area contributed by atoms with Gasteiger partial charge in [0.15, 0.2) is 0 Å². The van der Waals surface area contributed by atoms with E-state index in [0.29, 0.717) is 5.06 Å². The third-order valence-corrected chi connectivity index (χ3v) is 1.46. The maximum atomic E-state index is 10.9. The molecule has 0 unspecified atom stereocenters. The van der Waals surface area contributed by atoms with Crippen LogP contribution in [0.2, 0.25) is 0 Å². The molecule has 0 bridgehead atoms. The number of hydrogen-bond acceptors (Lipinski definition) is 5. The number of ether oxygens (including phenoxy) is 1. The lowest BCUT2D eigenvalue weighted by Gasteiger charge is -2.11. The Morgan fingerprint density at radius 2 is 1.73 bits per heavy atom. The Morgan fingerprint density at radius 3 is 2.13 bits per heavy atom. The standard InChI is InChI=1S/C7H9NO5.C2H6/c1-12-4-7(11)13-8-5(9)2-3-6(8)10;1-2/h2-4H2,1H3;1-2H3. The SMILES string of the molecule is CC.COCC(=O)ON1C(=O)CCC1=O. The van der Waals surface area contributed by atoms with Crippen molar-refractivity contribution >= 4 is 17.8 Å². The summed E-state index contributed by atoms with van der Waals surface area (Å²) >= 11 is 0. The number of methoxy groups -OCH3 is 1. The molecule has 6 nitrogen and oxygen atoms in total. The molecule has 1 aliphatic rings. The third kappa shape index (κ3) is 4.07. The predicted octanol–water partition coefficient (Wildman–Crippen LogP) is 0.266. The molecule has 1 aliphatic heterocycles. The summed E-state index contributed by atoms with van der Waals surface area (Å²) < 4.78 is 4.46. The summed E-state index contributed by atoms with van der Waals surface area (Å²) in [6.07, 6.45) is 0.193. The maximum absolute atomic E-state index is 10.9. The van der Waals surface area contributed by atoms with Gasteiger partial charge in [0.2, 0.25) is 0 Å². The molecule has 6 heteroatoms. The van der Waals surface area contributed by atoms with E-state index in [1.807, 2.05) is 13.8 Å². The van der Waals surface area contributed by atoms with Gasteiger partial charge in [0, 0.05) is 20.0 Å². The van der Waals surface area contributed by atoms with E-state index in [1.165, 1.54) is 7.11 Å². The number of nitrogens with zero attached hydrogens (tertiary/aromatic N) is 1. The van der Waals surface area contributed by atoms with Crippen molar-refractivity contribution in [1.82, 2.24) is 5.06 Å². The number of carbonyl (C=O) groups is 3. The first kappa shape index (κ1) is 13.6. The average molecular weight is 217 g/mol. The fourth-order valence-electron chi connectivity index (χ4n) is 0.904. The highest BCUT2D eigenvalue weighted by Crippen LogP contribution is 2.11. The van der Waals surface area contributed by atoms with Crippen molar-refractivity contribution < 1.29 is 24.0 Å². The van der Waals surface area contributed by atoms with Gasteiger partial charge in [0.25, 0.3) is 11.8 Å². The Bertz CT molecular complexity index is 235. The topological polar surface area (TPSA) is 72.9 Å². The normalized spacial score (nSPS) is 14.7. The second-order valence-corrected chi connectivity index (χ2v) is 2.48. The third-order valence-electron chi connectivity index (χ3n) is 1.46. The molecule has 0 atom stereocenters. The molecular formula is C9H15NO5. The summed E-state index contributed by atoms with van der Waals surface area (Å²) in [7, 11) is 1.31. The van der Waals surface area contributed by atoms with Crippen LogP contribution in [0.3, 0.4) is 0 Å². The van der Waals surface area contributed by atoms with Crippen LogP contribution in [-0.4, -0.2) is 36.6 Å². The first-order chi connectivity index (χ1) is 7.15. The van der Waals surface area contributed by atoms with Gasteiger partial charge in [-0.15, -0.1) is 5.06 Å². The van der Waals surface area contributed by atoms with Crippen molar-refractivity contribution in [2.75, 3.05) is 13.7 Å². The van der Waals surface area contributed by atoms with Gasteiger partial charge in [-0.1, -0.05) is 13.8 Å². The number of carbonyl (C=O) groups excluding carboxylic acids is 3. The van der Waals surface area contributed by atoms with Gasteiger partial charge in [0.05, 0.1) is 0 Å². The molecule has 15 heavy (non-hydrogen) atoms. The highest BCUT2D eigenvalue weighted by molar-refractivity contribution is 6.01. The summed E-state index contributed by atoms with van der Waals surface area (Å²) in [5.41, 5.74) is 0. The van der Waals surface area contributed by atoms with Crippen molar-refractivity contribution in [3.05, 3.63) is 0 Å². The first-order valence-electron chi connectivity index (χ1n) is 4.70. The fraction of sp³-hybridized carbons (Fsp3) is 0.667. The van der Waals surface area contributed by atoms with Gasteiger partial charge in [-0.25, -0.2) is 4.79 Å². The molecule has 1 heterocycles. The highest BCUT2D eigenvalue weighted by Gasteiger charge is 2.32. The van der Waals surface area contributed by atoms with E-state index in [4.69, 9.17) is 0 Å². The monoisotopic (exact) mass is 217 g/mol. The van der Waals surface area contributed by atoms with Crippen LogP contribution in [0.1, 0.15) is 26.7 Å². The molecule has 0 aromatic heterocycles.